The second kappa shape index (κ2) is 5.97. The van der Waals surface area contributed by atoms with Gasteiger partial charge in [-0.05, 0) is 26.2 Å². The van der Waals surface area contributed by atoms with Gasteiger partial charge in [0, 0.05) is 13.1 Å². The van der Waals surface area contributed by atoms with Crippen LogP contribution in [0, 0.1) is 0 Å². The Kier molecular flexibility index (Phi) is 4.89. The van der Waals surface area contributed by atoms with Crippen molar-refractivity contribution in [2.75, 3.05) is 20.6 Å². The van der Waals surface area contributed by atoms with E-state index in [1.54, 1.807) is 19.2 Å². The molecule has 0 amide bonds. The Balaban J connectivity index is 2.58. The summed E-state index contributed by atoms with van der Waals surface area (Å²) in [6.07, 6.45) is -4.17. The zero-order valence-electron chi connectivity index (χ0n) is 9.88. The number of halogens is 3. The molecular weight excluding hydrogens is 231 g/mol. The largest absolute Gasteiger partial charge is 0.401 e. The van der Waals surface area contributed by atoms with E-state index in [4.69, 9.17) is 0 Å². The Morgan fingerprint density at radius 3 is 2.53 bits per heavy atom. The Labute approximate surface area is 98.6 Å². The van der Waals surface area contributed by atoms with E-state index in [0.29, 0.717) is 12.2 Å². The highest BCUT2D eigenvalue weighted by atomic mass is 19.4. The standard InChI is InChI=1S/C11H16F3N3/c1-15-6-9-4-3-5-10(16-9)7-17(2)8-11(12,13)14/h3-5,15H,6-8H2,1-2H3. The van der Waals surface area contributed by atoms with Crippen LogP contribution < -0.4 is 5.32 Å². The van der Waals surface area contributed by atoms with Crippen LogP contribution in [-0.2, 0) is 13.1 Å². The summed E-state index contributed by atoms with van der Waals surface area (Å²) in [5.41, 5.74) is 1.47. The average molecular weight is 247 g/mol. The zero-order chi connectivity index (χ0) is 12.9. The molecule has 1 N–H and O–H groups in total. The van der Waals surface area contributed by atoms with Gasteiger partial charge in [-0.25, -0.2) is 0 Å². The summed E-state index contributed by atoms with van der Waals surface area (Å²) >= 11 is 0. The quantitative estimate of drug-likeness (QED) is 0.860. The predicted molar refractivity (Wildman–Crippen MR) is 59.4 cm³/mol. The summed E-state index contributed by atoms with van der Waals surface area (Å²) in [6, 6.07) is 5.37. The summed E-state index contributed by atoms with van der Waals surface area (Å²) in [6.45, 7) is -0.126. The number of hydrogen-bond donors (Lipinski definition) is 1. The number of nitrogens with one attached hydrogen (secondary N) is 1. The lowest BCUT2D eigenvalue weighted by molar-refractivity contribution is -0.144. The smallest absolute Gasteiger partial charge is 0.314 e. The van der Waals surface area contributed by atoms with Crippen LogP contribution in [0.1, 0.15) is 11.4 Å². The molecule has 0 atom stereocenters. The molecule has 0 unspecified atom stereocenters. The number of pyridine rings is 1. The van der Waals surface area contributed by atoms with Crippen LogP contribution in [0.3, 0.4) is 0 Å². The van der Waals surface area contributed by atoms with Crippen LogP contribution in [0.15, 0.2) is 18.2 Å². The monoisotopic (exact) mass is 247 g/mol. The van der Waals surface area contributed by atoms with E-state index in [2.05, 4.69) is 10.3 Å². The van der Waals surface area contributed by atoms with Crippen molar-refractivity contribution in [1.29, 1.82) is 0 Å². The first-order chi connectivity index (χ1) is 7.90. The van der Waals surface area contributed by atoms with Crippen LogP contribution in [0.25, 0.3) is 0 Å². The van der Waals surface area contributed by atoms with Crippen molar-refractivity contribution in [2.24, 2.45) is 0 Å². The number of hydrogen-bond acceptors (Lipinski definition) is 3. The van der Waals surface area contributed by atoms with Gasteiger partial charge < -0.3 is 5.32 Å². The molecule has 0 radical (unpaired) electrons. The zero-order valence-corrected chi connectivity index (χ0v) is 9.88. The van der Waals surface area contributed by atoms with Gasteiger partial charge in [0.1, 0.15) is 0 Å². The van der Waals surface area contributed by atoms with E-state index in [9.17, 15) is 13.2 Å². The SMILES string of the molecule is CNCc1cccc(CN(C)CC(F)(F)F)n1. The van der Waals surface area contributed by atoms with Crippen LogP contribution in [0.5, 0.6) is 0 Å². The van der Waals surface area contributed by atoms with Crippen LogP contribution >= 0.6 is 0 Å². The molecule has 1 rings (SSSR count). The molecule has 0 aliphatic heterocycles. The maximum absolute atomic E-state index is 12.1. The molecule has 0 spiro atoms. The summed E-state index contributed by atoms with van der Waals surface area (Å²) in [5.74, 6) is 0. The first kappa shape index (κ1) is 13.9. The fraction of sp³-hybridized carbons (Fsp3) is 0.545. The van der Waals surface area contributed by atoms with Gasteiger partial charge >= 0.3 is 6.18 Å². The van der Waals surface area contributed by atoms with E-state index in [1.165, 1.54) is 11.9 Å². The van der Waals surface area contributed by atoms with Crippen molar-refractivity contribution in [1.82, 2.24) is 15.2 Å². The average Bonchev–Trinajstić information content (AvgIpc) is 2.15. The maximum Gasteiger partial charge on any atom is 0.401 e. The highest BCUT2D eigenvalue weighted by molar-refractivity contribution is 5.11. The lowest BCUT2D eigenvalue weighted by Gasteiger charge is -2.18. The molecule has 0 aliphatic carbocycles. The molecule has 0 aliphatic rings. The number of alkyl halides is 3. The van der Waals surface area contributed by atoms with Crippen LogP contribution in [0.2, 0.25) is 0 Å². The van der Waals surface area contributed by atoms with Crippen molar-refractivity contribution >= 4 is 0 Å². The summed E-state index contributed by atoms with van der Waals surface area (Å²) < 4.78 is 36.4. The third-order valence-electron chi connectivity index (χ3n) is 2.10. The van der Waals surface area contributed by atoms with Gasteiger partial charge in [-0.1, -0.05) is 6.07 Å². The number of aromatic nitrogens is 1. The van der Waals surface area contributed by atoms with Gasteiger partial charge in [0.05, 0.1) is 17.9 Å². The van der Waals surface area contributed by atoms with Gasteiger partial charge in [-0.3, -0.25) is 9.88 Å². The third-order valence-corrected chi connectivity index (χ3v) is 2.10. The van der Waals surface area contributed by atoms with Gasteiger partial charge in [0.25, 0.3) is 0 Å². The summed E-state index contributed by atoms with van der Waals surface area (Å²) in [7, 11) is 3.23. The Morgan fingerprint density at radius 2 is 1.94 bits per heavy atom. The van der Waals surface area contributed by atoms with Crippen molar-refractivity contribution in [2.45, 2.75) is 19.3 Å². The third kappa shape index (κ3) is 5.65. The fourth-order valence-corrected chi connectivity index (χ4v) is 1.54. The van der Waals surface area contributed by atoms with Gasteiger partial charge in [-0.15, -0.1) is 0 Å². The molecule has 0 saturated heterocycles. The van der Waals surface area contributed by atoms with E-state index in [-0.39, 0.29) is 6.54 Å². The Morgan fingerprint density at radius 1 is 1.29 bits per heavy atom. The van der Waals surface area contributed by atoms with Gasteiger partial charge in [0.2, 0.25) is 0 Å². The Bertz CT molecular complexity index is 352. The highest BCUT2D eigenvalue weighted by Crippen LogP contribution is 2.16. The summed E-state index contributed by atoms with van der Waals surface area (Å²) in [4.78, 5) is 5.46. The van der Waals surface area contributed by atoms with Gasteiger partial charge in [-0.2, -0.15) is 13.2 Å². The minimum Gasteiger partial charge on any atom is -0.314 e. The normalized spacial score (nSPS) is 12.1. The fourth-order valence-electron chi connectivity index (χ4n) is 1.54. The second-order valence-electron chi connectivity index (χ2n) is 3.94. The first-order valence-corrected chi connectivity index (χ1v) is 5.25. The van der Waals surface area contributed by atoms with E-state index in [1.807, 2.05) is 6.07 Å². The van der Waals surface area contributed by atoms with Crippen LogP contribution in [-0.4, -0.2) is 36.7 Å². The molecule has 0 saturated carbocycles. The number of nitrogens with zero attached hydrogens (tertiary/aromatic N) is 2. The molecular formula is C11H16F3N3. The molecule has 1 heterocycles. The van der Waals surface area contributed by atoms with E-state index >= 15 is 0 Å². The Hall–Kier alpha value is -1.14. The van der Waals surface area contributed by atoms with E-state index < -0.39 is 12.7 Å². The molecule has 1 aromatic heterocycles. The topological polar surface area (TPSA) is 28.2 Å². The lowest BCUT2D eigenvalue weighted by atomic mass is 10.3. The highest BCUT2D eigenvalue weighted by Gasteiger charge is 2.29. The first-order valence-electron chi connectivity index (χ1n) is 5.25. The maximum atomic E-state index is 12.1. The summed E-state index contributed by atoms with van der Waals surface area (Å²) in [5, 5.41) is 2.95. The second-order valence-corrected chi connectivity index (χ2v) is 3.94. The van der Waals surface area contributed by atoms with E-state index in [0.717, 1.165) is 5.69 Å². The molecule has 17 heavy (non-hydrogen) atoms. The molecule has 0 aromatic carbocycles. The predicted octanol–water partition coefficient (Wildman–Crippen LogP) is 1.80. The van der Waals surface area contributed by atoms with Gasteiger partial charge in [0.15, 0.2) is 0 Å². The van der Waals surface area contributed by atoms with Crippen molar-refractivity contribution in [3.63, 3.8) is 0 Å². The van der Waals surface area contributed by atoms with Crippen molar-refractivity contribution in [3.05, 3.63) is 29.6 Å². The molecule has 0 fully saturated rings. The molecule has 6 heteroatoms. The van der Waals surface area contributed by atoms with Crippen molar-refractivity contribution < 1.29 is 13.2 Å². The minimum absolute atomic E-state index is 0.192. The number of rotatable bonds is 5. The molecule has 96 valence electrons. The van der Waals surface area contributed by atoms with Crippen molar-refractivity contribution in [3.8, 4) is 0 Å². The van der Waals surface area contributed by atoms with Crippen LogP contribution in [0.4, 0.5) is 13.2 Å². The molecule has 3 nitrogen and oxygen atoms in total. The minimum atomic E-state index is -4.17. The molecule has 1 aromatic rings. The lowest BCUT2D eigenvalue weighted by Crippen LogP contribution is -2.30. The molecule has 0 bridgehead atoms.